The summed E-state index contributed by atoms with van der Waals surface area (Å²) >= 11 is 0. The van der Waals surface area contributed by atoms with Crippen LogP contribution in [0.2, 0.25) is 0 Å². The number of carbonyl (C=O) groups excluding carboxylic acids is 6. The number of ketones is 1. The molecule has 0 radical (unpaired) electrons. The quantitative estimate of drug-likeness (QED) is 0.0970. The van der Waals surface area contributed by atoms with E-state index in [4.69, 9.17) is 30.5 Å². The lowest BCUT2D eigenvalue weighted by molar-refractivity contribution is -0.369. The van der Waals surface area contributed by atoms with Gasteiger partial charge in [-0.3, -0.25) is 19.2 Å². The van der Waals surface area contributed by atoms with Crippen LogP contribution >= 0.6 is 0 Å². The maximum absolute atomic E-state index is 15.6. The number of nitrogens with one attached hydrogen (secondary N) is 1. The van der Waals surface area contributed by atoms with Crippen LogP contribution in [0.1, 0.15) is 87.1 Å². The molecule has 17 heteroatoms. The van der Waals surface area contributed by atoms with Gasteiger partial charge in [0, 0.05) is 31.2 Å². The Kier molecular flexibility index (Phi) is 10.4. The molecular formula is C47H51NO16. The molecule has 0 spiro atoms. The van der Waals surface area contributed by atoms with E-state index in [9.17, 15) is 49.5 Å². The van der Waals surface area contributed by atoms with Crippen LogP contribution in [0, 0.1) is 16.7 Å². The molecule has 64 heavy (non-hydrogen) atoms. The van der Waals surface area contributed by atoms with Crippen molar-refractivity contribution in [2.24, 2.45) is 16.7 Å². The van der Waals surface area contributed by atoms with Gasteiger partial charge in [0.05, 0.1) is 42.5 Å². The number of ether oxygens (including phenoxy) is 5. The minimum atomic E-state index is -2.62. The van der Waals surface area contributed by atoms with Gasteiger partial charge in [0.15, 0.2) is 23.6 Å². The normalized spacial score (nSPS) is 33.5. The Morgan fingerprint density at radius 2 is 1.53 bits per heavy atom. The fourth-order valence-electron chi connectivity index (χ4n) is 10.1. The van der Waals surface area contributed by atoms with Crippen LogP contribution in [0.4, 0.5) is 0 Å². The van der Waals surface area contributed by atoms with Crippen molar-refractivity contribution in [2.45, 2.75) is 108 Å². The number of phenolic OH excluding ortho intramolecular Hbond substituents is 1. The number of benzene rings is 3. The number of fused-ring (bicyclic) bond motifs is 5. The van der Waals surface area contributed by atoms with Crippen LogP contribution in [-0.4, -0.2) is 122 Å². The minimum absolute atomic E-state index is 0.0326. The summed E-state index contributed by atoms with van der Waals surface area (Å²) in [6, 6.07) is 6.02. The van der Waals surface area contributed by atoms with Gasteiger partial charge < -0.3 is 54.5 Å². The molecule has 1 saturated heterocycles. The first-order valence-electron chi connectivity index (χ1n) is 22.8. The molecule has 17 nitrogen and oxygen atoms in total. The lowest BCUT2D eigenvalue weighted by Gasteiger charge is -2.68. The molecule has 3 aromatic carbocycles. The summed E-state index contributed by atoms with van der Waals surface area (Å²) in [6.07, 6.45) is -14.7. The maximum Gasteiger partial charge on any atom is 0.338 e. The lowest BCUT2D eigenvalue weighted by atomic mass is 9.44. The molecule has 3 fully saturated rings. The zero-order valence-corrected chi connectivity index (χ0v) is 35.5. The highest BCUT2D eigenvalue weighted by atomic mass is 16.6. The number of hydrogen-bond donors (Lipinski definition) is 6. The fraction of sp³-hybridized carbons (Fsp3) is 0.447. The van der Waals surface area contributed by atoms with Gasteiger partial charge in [-0.25, -0.2) is 9.59 Å². The summed E-state index contributed by atoms with van der Waals surface area (Å²) in [5, 5.41) is 61.7. The number of amides is 1. The van der Waals surface area contributed by atoms with E-state index in [1.165, 1.54) is 64.1 Å². The van der Waals surface area contributed by atoms with Gasteiger partial charge in [-0.2, -0.15) is 0 Å². The molecule has 0 unspecified atom stereocenters. The number of aliphatic hydroxyl groups is 4. The van der Waals surface area contributed by atoms with Crippen molar-refractivity contribution >= 4 is 35.6 Å². The third-order valence-corrected chi connectivity index (χ3v) is 13.3. The first kappa shape index (κ1) is 39.6. The first-order chi connectivity index (χ1) is 32.2. The molecule has 3 aliphatic carbocycles. The van der Waals surface area contributed by atoms with Crippen LogP contribution < -0.4 is 5.32 Å². The standard InChI is InChI=1S/C47H51NO16/c1-23-30(62-43(58)33(52)32(26-17-19-29(51)20-18-26)48-41(56)27-13-9-7-10-14-27)21-47(59)40(63-42(57)28-15-11-8-12-16-28)36-45(6,38(55)35(61-24(2)49)31(23)44(47,4)5)37(54)34(53)39-46(36,22-60-39)64-25(3)50/h7-20,30,32-37,39-40,51-54,59H,21-22H2,1-6H3,(H,48,56)/t30-,32-,33+,34-,35+,36-,37-,39+,40-,45-,46+,47+/m0/s1/i7D,9D,10D,13D,14D. The summed E-state index contributed by atoms with van der Waals surface area (Å²) in [5.41, 5.74) is -10.2. The van der Waals surface area contributed by atoms with Crippen molar-refractivity contribution in [2.75, 3.05) is 6.61 Å². The third-order valence-electron chi connectivity index (χ3n) is 13.3. The van der Waals surface area contributed by atoms with Gasteiger partial charge in [0.1, 0.15) is 35.8 Å². The number of phenols is 1. The minimum Gasteiger partial charge on any atom is -0.508 e. The Hall–Kier alpha value is -5.98. The van der Waals surface area contributed by atoms with Crippen molar-refractivity contribution in [1.29, 1.82) is 0 Å². The molecule has 1 aliphatic heterocycles. The molecule has 4 aliphatic rings. The second kappa shape index (κ2) is 16.9. The van der Waals surface area contributed by atoms with Crippen molar-refractivity contribution in [3.05, 3.63) is 113 Å². The average Bonchev–Trinajstić information content (AvgIpc) is 3.28. The Morgan fingerprint density at radius 3 is 2.11 bits per heavy atom. The largest absolute Gasteiger partial charge is 0.508 e. The second-order valence-electron chi connectivity index (χ2n) is 17.3. The van der Waals surface area contributed by atoms with Crippen LogP contribution in [0.5, 0.6) is 5.75 Å². The number of aromatic hydroxyl groups is 1. The predicted octanol–water partition coefficient (Wildman–Crippen LogP) is 2.41. The Morgan fingerprint density at radius 1 is 0.891 bits per heavy atom. The van der Waals surface area contributed by atoms with Crippen LogP contribution in [-0.2, 0) is 42.9 Å². The molecule has 340 valence electrons. The molecule has 0 aromatic heterocycles. The lowest BCUT2D eigenvalue weighted by Crippen LogP contribution is -2.85. The summed E-state index contributed by atoms with van der Waals surface area (Å²) in [4.78, 5) is 84.3. The third kappa shape index (κ3) is 7.44. The molecule has 1 heterocycles. The van der Waals surface area contributed by atoms with E-state index in [0.717, 1.165) is 26.0 Å². The SMILES string of the molecule is [2H]c1c([2H])c([2H])c(C(=O)N[C@@H](c2ccc(O)cc2)[C@@H](O)C(=O)O[C@H]2C[C@@]3(O)[C@@H](OC(=O)c4ccccc4)[C@@H]4[C@]5(OC(C)=O)CO[C@@H]5[C@@H](O)[C@H](O)[C@@]4(C)C(=O)[C@H](OC(C)=O)C(=C2C)C3(C)C)c([2H])c1[2H]. The number of rotatable bonds is 10. The van der Waals surface area contributed by atoms with Crippen molar-refractivity contribution in [3.8, 4) is 5.75 Å². The van der Waals surface area contributed by atoms with E-state index in [-0.39, 0.29) is 28.0 Å². The van der Waals surface area contributed by atoms with E-state index in [1.807, 2.05) is 0 Å². The van der Waals surface area contributed by atoms with Crippen LogP contribution in [0.3, 0.4) is 0 Å². The predicted molar refractivity (Wildman–Crippen MR) is 221 cm³/mol. The van der Waals surface area contributed by atoms with Gasteiger partial charge in [0.25, 0.3) is 5.91 Å². The zero-order chi connectivity index (χ0) is 51.0. The molecule has 7 rings (SSSR count). The van der Waals surface area contributed by atoms with Gasteiger partial charge in [-0.15, -0.1) is 0 Å². The van der Waals surface area contributed by atoms with Gasteiger partial charge >= 0.3 is 23.9 Å². The number of aliphatic hydroxyl groups excluding tert-OH is 3. The van der Waals surface area contributed by atoms with E-state index in [2.05, 4.69) is 5.32 Å². The Labute approximate surface area is 374 Å². The Bertz CT molecular complexity index is 2640. The van der Waals surface area contributed by atoms with E-state index >= 15 is 4.79 Å². The topological polar surface area (TPSA) is 262 Å². The second-order valence-corrected chi connectivity index (χ2v) is 17.3. The summed E-state index contributed by atoms with van der Waals surface area (Å²) < 4.78 is 70.4. The summed E-state index contributed by atoms with van der Waals surface area (Å²) in [7, 11) is 0. The fourth-order valence-corrected chi connectivity index (χ4v) is 10.1. The van der Waals surface area contributed by atoms with Gasteiger partial charge in [-0.05, 0) is 66.9 Å². The van der Waals surface area contributed by atoms with E-state index in [0.29, 0.717) is 0 Å². The number of carbonyl (C=O) groups is 6. The molecule has 3 aromatic rings. The number of hydrogen-bond acceptors (Lipinski definition) is 16. The highest BCUT2D eigenvalue weighted by Gasteiger charge is 2.80. The summed E-state index contributed by atoms with van der Waals surface area (Å²) in [6.45, 7) is 6.89. The first-order valence-corrected chi connectivity index (χ1v) is 20.3. The molecular weight excluding hydrogens is 835 g/mol. The van der Waals surface area contributed by atoms with Crippen molar-refractivity contribution in [3.63, 3.8) is 0 Å². The van der Waals surface area contributed by atoms with Crippen LogP contribution in [0.25, 0.3) is 0 Å². The van der Waals surface area contributed by atoms with Gasteiger partial charge in [-0.1, -0.05) is 62.3 Å². The maximum atomic E-state index is 15.6. The monoisotopic (exact) mass is 890 g/mol. The van der Waals surface area contributed by atoms with Crippen molar-refractivity contribution < 1.29 is 84.8 Å². The van der Waals surface area contributed by atoms with Crippen LogP contribution in [0.15, 0.2) is 96.0 Å². The molecule has 12 atom stereocenters. The highest BCUT2D eigenvalue weighted by Crippen LogP contribution is 2.64. The highest BCUT2D eigenvalue weighted by molar-refractivity contribution is 5.96. The number of Topliss-reactive ketones (excluding diaryl/α,β-unsaturated/α-hetero) is 1. The molecule has 2 saturated carbocycles. The average molecular weight is 891 g/mol. The summed E-state index contributed by atoms with van der Waals surface area (Å²) in [5.74, 6) is -9.10. The number of esters is 4. The molecule has 6 N–H and O–H groups in total. The smallest absolute Gasteiger partial charge is 0.338 e. The van der Waals surface area contributed by atoms with E-state index in [1.54, 1.807) is 6.07 Å². The van der Waals surface area contributed by atoms with Gasteiger partial charge in [0.2, 0.25) is 0 Å². The molecule has 1 amide bonds. The molecule has 2 bridgehead atoms. The van der Waals surface area contributed by atoms with Crippen molar-refractivity contribution in [1.82, 2.24) is 5.32 Å². The van der Waals surface area contributed by atoms with E-state index < -0.39 is 161 Å². The zero-order valence-electron chi connectivity index (χ0n) is 40.5. The Balaban J connectivity index is 1.40.